The van der Waals surface area contributed by atoms with Crippen LogP contribution in [-0.2, 0) is 6.42 Å². The van der Waals surface area contributed by atoms with E-state index < -0.39 is 0 Å². The molecule has 29 heavy (non-hydrogen) atoms. The third kappa shape index (κ3) is 3.80. The number of nitrogens with one attached hydrogen (secondary N) is 1. The van der Waals surface area contributed by atoms with Gasteiger partial charge in [0.1, 0.15) is 12.7 Å². The average Bonchev–Trinajstić information content (AvgIpc) is 3.16. The Kier molecular flexibility index (Phi) is 5.08. The first-order valence-electron chi connectivity index (χ1n) is 10.1. The Bertz CT molecular complexity index is 1150. The van der Waals surface area contributed by atoms with Gasteiger partial charge in [0, 0.05) is 22.3 Å². The van der Waals surface area contributed by atoms with Crippen molar-refractivity contribution < 1.29 is 9.47 Å². The summed E-state index contributed by atoms with van der Waals surface area (Å²) in [4.78, 5) is 4.59. The van der Waals surface area contributed by atoms with E-state index >= 15 is 0 Å². The molecule has 0 radical (unpaired) electrons. The maximum atomic E-state index is 6.27. The zero-order valence-electron chi connectivity index (χ0n) is 16.5. The first-order chi connectivity index (χ1) is 14.3. The molecule has 3 heterocycles. The van der Waals surface area contributed by atoms with Crippen LogP contribution in [0.4, 0.5) is 0 Å². The molecule has 1 atom stereocenters. The number of hydrogen-bond donors (Lipinski definition) is 1. The van der Waals surface area contributed by atoms with Gasteiger partial charge in [-0.05, 0) is 73.0 Å². The van der Waals surface area contributed by atoms with E-state index in [4.69, 9.17) is 9.47 Å². The van der Waals surface area contributed by atoms with E-state index in [1.807, 2.05) is 36.5 Å². The Labute approximate surface area is 174 Å². The molecule has 4 nitrogen and oxygen atoms in total. The standard InChI is InChI=1S/C24H24N2O2S/c1-16-8-9-20-21(26-16)10-11-22-24(20)28-18(14-27-22)13-25-12-4-5-17-15-29-23-7-3-2-6-19(17)23/h2-3,6-11,15,18,25H,4-5,12-14H2,1H3/t18-/m0/s1. The van der Waals surface area contributed by atoms with E-state index in [0.717, 1.165) is 54.0 Å². The SMILES string of the molecule is Cc1ccc2c3c(ccc2n1)OC[C@H](CNCCCc1csc2ccccc12)O3. The minimum Gasteiger partial charge on any atom is -0.486 e. The molecule has 0 amide bonds. The molecule has 0 bridgehead atoms. The summed E-state index contributed by atoms with van der Waals surface area (Å²) in [6.45, 7) is 4.31. The molecule has 0 saturated carbocycles. The quantitative estimate of drug-likeness (QED) is 0.453. The number of pyridine rings is 1. The minimum absolute atomic E-state index is 0.0105. The van der Waals surface area contributed by atoms with Gasteiger partial charge in [-0.1, -0.05) is 18.2 Å². The third-order valence-electron chi connectivity index (χ3n) is 5.37. The van der Waals surface area contributed by atoms with Crippen LogP contribution in [0.25, 0.3) is 21.0 Å². The molecule has 0 unspecified atom stereocenters. The van der Waals surface area contributed by atoms with E-state index in [0.29, 0.717) is 6.61 Å². The van der Waals surface area contributed by atoms with Crippen molar-refractivity contribution in [3.8, 4) is 11.5 Å². The lowest BCUT2D eigenvalue weighted by Gasteiger charge is -2.27. The molecule has 148 valence electrons. The van der Waals surface area contributed by atoms with Gasteiger partial charge in [0.05, 0.1) is 5.52 Å². The summed E-state index contributed by atoms with van der Waals surface area (Å²) in [7, 11) is 0. The largest absolute Gasteiger partial charge is 0.486 e. The Morgan fingerprint density at radius 2 is 2.03 bits per heavy atom. The number of rotatable bonds is 6. The summed E-state index contributed by atoms with van der Waals surface area (Å²) >= 11 is 1.83. The van der Waals surface area contributed by atoms with Crippen molar-refractivity contribution in [1.29, 1.82) is 0 Å². The van der Waals surface area contributed by atoms with Crippen molar-refractivity contribution in [2.24, 2.45) is 0 Å². The van der Waals surface area contributed by atoms with Crippen LogP contribution in [0.3, 0.4) is 0 Å². The van der Waals surface area contributed by atoms with Crippen LogP contribution in [-0.4, -0.2) is 30.8 Å². The van der Waals surface area contributed by atoms with Gasteiger partial charge in [0.2, 0.25) is 0 Å². The second kappa shape index (κ2) is 8.01. The maximum absolute atomic E-state index is 6.27. The second-order valence-corrected chi connectivity index (χ2v) is 8.44. The predicted molar refractivity (Wildman–Crippen MR) is 119 cm³/mol. The summed E-state index contributed by atoms with van der Waals surface area (Å²) in [5.74, 6) is 1.63. The van der Waals surface area contributed by atoms with Crippen molar-refractivity contribution in [3.05, 3.63) is 65.2 Å². The minimum atomic E-state index is 0.0105. The summed E-state index contributed by atoms with van der Waals surface area (Å²) in [5, 5.41) is 8.24. The number of ether oxygens (including phenoxy) is 2. The molecule has 0 spiro atoms. The molecule has 1 aliphatic rings. The molecule has 0 aliphatic carbocycles. The van der Waals surface area contributed by atoms with Gasteiger partial charge in [0.15, 0.2) is 11.5 Å². The van der Waals surface area contributed by atoms with Crippen molar-refractivity contribution in [3.63, 3.8) is 0 Å². The normalized spacial score (nSPS) is 15.8. The number of benzene rings is 2. The monoisotopic (exact) mass is 404 g/mol. The lowest BCUT2D eigenvalue weighted by atomic mass is 10.1. The predicted octanol–water partition coefficient (Wildman–Crippen LogP) is 5.12. The smallest absolute Gasteiger partial charge is 0.171 e. The van der Waals surface area contributed by atoms with E-state index in [-0.39, 0.29) is 6.10 Å². The Morgan fingerprint density at radius 1 is 1.10 bits per heavy atom. The first-order valence-corrected chi connectivity index (χ1v) is 11.0. The fraction of sp³-hybridized carbons (Fsp3) is 0.292. The van der Waals surface area contributed by atoms with E-state index in [2.05, 4.69) is 46.0 Å². The molecular weight excluding hydrogens is 380 g/mol. The van der Waals surface area contributed by atoms with Crippen LogP contribution in [0.1, 0.15) is 17.7 Å². The molecule has 2 aromatic heterocycles. The fourth-order valence-electron chi connectivity index (χ4n) is 3.87. The summed E-state index contributed by atoms with van der Waals surface area (Å²) in [5.41, 5.74) is 3.41. The van der Waals surface area contributed by atoms with Gasteiger partial charge in [0.25, 0.3) is 0 Å². The van der Waals surface area contributed by atoms with Gasteiger partial charge < -0.3 is 14.8 Å². The highest BCUT2D eigenvalue weighted by Crippen LogP contribution is 2.38. The molecule has 1 aliphatic heterocycles. The Morgan fingerprint density at radius 3 is 3.00 bits per heavy atom. The topological polar surface area (TPSA) is 43.4 Å². The number of hydrogen-bond acceptors (Lipinski definition) is 5. The number of aryl methyl sites for hydroxylation is 2. The zero-order chi connectivity index (χ0) is 19.6. The lowest BCUT2D eigenvalue weighted by molar-refractivity contribution is 0.0925. The van der Waals surface area contributed by atoms with Crippen molar-refractivity contribution in [2.45, 2.75) is 25.9 Å². The Balaban J connectivity index is 1.16. The second-order valence-electron chi connectivity index (χ2n) is 7.53. The highest BCUT2D eigenvalue weighted by Gasteiger charge is 2.23. The highest BCUT2D eigenvalue weighted by atomic mass is 32.1. The lowest BCUT2D eigenvalue weighted by Crippen LogP contribution is -2.38. The van der Waals surface area contributed by atoms with E-state index in [1.165, 1.54) is 15.6 Å². The van der Waals surface area contributed by atoms with Crippen LogP contribution in [0, 0.1) is 6.92 Å². The van der Waals surface area contributed by atoms with Gasteiger partial charge >= 0.3 is 0 Å². The molecular formula is C24H24N2O2S. The number of nitrogens with zero attached hydrogens (tertiary/aromatic N) is 1. The third-order valence-corrected chi connectivity index (χ3v) is 6.38. The number of thiophene rings is 1. The first kappa shape index (κ1) is 18.4. The van der Waals surface area contributed by atoms with Crippen molar-refractivity contribution >= 4 is 32.3 Å². The van der Waals surface area contributed by atoms with Crippen LogP contribution < -0.4 is 14.8 Å². The van der Waals surface area contributed by atoms with Gasteiger partial charge in [-0.2, -0.15) is 0 Å². The molecule has 0 saturated heterocycles. The molecule has 5 heteroatoms. The van der Waals surface area contributed by atoms with Crippen LogP contribution in [0.2, 0.25) is 0 Å². The van der Waals surface area contributed by atoms with E-state index in [9.17, 15) is 0 Å². The maximum Gasteiger partial charge on any atom is 0.171 e. The fourth-order valence-corrected chi connectivity index (χ4v) is 4.87. The van der Waals surface area contributed by atoms with Crippen molar-refractivity contribution in [2.75, 3.05) is 19.7 Å². The van der Waals surface area contributed by atoms with Crippen molar-refractivity contribution in [1.82, 2.24) is 10.3 Å². The van der Waals surface area contributed by atoms with Gasteiger partial charge in [-0.15, -0.1) is 11.3 Å². The molecule has 5 rings (SSSR count). The zero-order valence-corrected chi connectivity index (χ0v) is 17.3. The number of aromatic nitrogens is 1. The van der Waals surface area contributed by atoms with Gasteiger partial charge in [-0.25, -0.2) is 0 Å². The average molecular weight is 405 g/mol. The highest BCUT2D eigenvalue weighted by molar-refractivity contribution is 7.17. The summed E-state index contributed by atoms with van der Waals surface area (Å²) in [6.07, 6.45) is 2.21. The Hall–Kier alpha value is -2.63. The molecule has 1 N–H and O–H groups in total. The van der Waals surface area contributed by atoms with Crippen LogP contribution >= 0.6 is 11.3 Å². The molecule has 0 fully saturated rings. The number of fused-ring (bicyclic) bond motifs is 4. The molecule has 4 aromatic rings. The van der Waals surface area contributed by atoms with Crippen LogP contribution in [0.5, 0.6) is 11.5 Å². The van der Waals surface area contributed by atoms with E-state index in [1.54, 1.807) is 0 Å². The summed E-state index contributed by atoms with van der Waals surface area (Å²) < 4.78 is 13.6. The van der Waals surface area contributed by atoms with Gasteiger partial charge in [-0.3, -0.25) is 4.98 Å². The summed E-state index contributed by atoms with van der Waals surface area (Å²) in [6, 6.07) is 16.7. The molecule has 2 aromatic carbocycles. The van der Waals surface area contributed by atoms with Crippen LogP contribution in [0.15, 0.2) is 53.9 Å².